The van der Waals surface area contributed by atoms with Gasteiger partial charge in [0.15, 0.2) is 0 Å². The fourth-order valence-electron chi connectivity index (χ4n) is 1.99. The van der Waals surface area contributed by atoms with Crippen molar-refractivity contribution in [2.45, 2.75) is 18.0 Å². The smallest absolute Gasteiger partial charge is 0.318 e. The molecule has 0 heterocycles. The number of hydrogen-bond donors (Lipinski definition) is 3. The maximum atomic E-state index is 12.2. The molecule has 0 aliphatic rings. The van der Waals surface area contributed by atoms with E-state index in [9.17, 15) is 31.2 Å². The largest absolute Gasteiger partial charge is 0.471 e. The molecule has 2 aromatic carbocycles. The molecule has 2 rings (SSSR count). The molecule has 0 aliphatic carbocycles. The average molecular weight is 401 g/mol. The van der Waals surface area contributed by atoms with Crippen LogP contribution in [0.25, 0.3) is 0 Å². The topological polar surface area (TPSA) is 104 Å². The molecule has 144 valence electrons. The fourth-order valence-corrected chi connectivity index (χ4v) is 2.83. The Hall–Kier alpha value is -2.92. The van der Waals surface area contributed by atoms with Crippen molar-refractivity contribution < 1.29 is 31.2 Å². The standard InChI is InChI=1S/C16H14F3N3O4S/c1-10-4-2-3-5-13(10)14(23)21-22-27(25,26)12-8-6-11(7-9-12)20-15(24)16(17,18)19/h2-9,22H,1H3,(H,20,24)(H,21,23). The Labute approximate surface area is 152 Å². The maximum absolute atomic E-state index is 12.2. The van der Waals surface area contributed by atoms with E-state index in [1.807, 2.05) is 10.3 Å². The van der Waals surface area contributed by atoms with Gasteiger partial charge in [0, 0.05) is 11.3 Å². The molecule has 0 aromatic heterocycles. The second-order valence-electron chi connectivity index (χ2n) is 5.35. The molecule has 0 atom stereocenters. The van der Waals surface area contributed by atoms with E-state index >= 15 is 0 Å². The van der Waals surface area contributed by atoms with E-state index in [0.717, 1.165) is 24.3 Å². The summed E-state index contributed by atoms with van der Waals surface area (Å²) in [6, 6.07) is 10.5. The molecule has 0 spiro atoms. The zero-order chi connectivity index (χ0) is 20.2. The van der Waals surface area contributed by atoms with E-state index in [0.29, 0.717) is 5.56 Å². The highest BCUT2D eigenvalue weighted by Crippen LogP contribution is 2.19. The number of amides is 2. The molecule has 0 aliphatic heterocycles. The van der Waals surface area contributed by atoms with Crippen molar-refractivity contribution in [3.05, 3.63) is 59.7 Å². The lowest BCUT2D eigenvalue weighted by molar-refractivity contribution is -0.167. The van der Waals surface area contributed by atoms with E-state index < -0.39 is 28.0 Å². The minimum absolute atomic E-state index is 0.236. The van der Waals surface area contributed by atoms with Crippen LogP contribution in [0.5, 0.6) is 0 Å². The second kappa shape index (κ2) is 7.76. The molecule has 0 saturated heterocycles. The van der Waals surface area contributed by atoms with Gasteiger partial charge in [-0.05, 0) is 42.8 Å². The van der Waals surface area contributed by atoms with Crippen molar-refractivity contribution in [1.82, 2.24) is 10.3 Å². The lowest BCUT2D eigenvalue weighted by Crippen LogP contribution is -2.41. The number of hydrazine groups is 1. The average Bonchev–Trinajstić information content (AvgIpc) is 2.60. The number of benzene rings is 2. The van der Waals surface area contributed by atoms with Crippen molar-refractivity contribution >= 4 is 27.5 Å². The zero-order valence-electron chi connectivity index (χ0n) is 13.8. The van der Waals surface area contributed by atoms with Crippen LogP contribution in [0, 0.1) is 6.92 Å². The van der Waals surface area contributed by atoms with Crippen LogP contribution in [0.4, 0.5) is 18.9 Å². The number of rotatable bonds is 5. The van der Waals surface area contributed by atoms with Crippen LogP contribution in [0.1, 0.15) is 15.9 Å². The molecule has 0 fully saturated rings. The van der Waals surface area contributed by atoms with Crippen LogP contribution >= 0.6 is 0 Å². The number of aryl methyl sites for hydroxylation is 1. The van der Waals surface area contributed by atoms with Gasteiger partial charge in [0.05, 0.1) is 4.90 Å². The molecule has 3 N–H and O–H groups in total. The Morgan fingerprint density at radius 3 is 2.11 bits per heavy atom. The normalized spacial score (nSPS) is 11.7. The Kier molecular flexibility index (Phi) is 5.86. The first-order chi connectivity index (χ1) is 12.5. The van der Waals surface area contributed by atoms with Crippen LogP contribution in [0.15, 0.2) is 53.4 Å². The van der Waals surface area contributed by atoms with E-state index in [1.54, 1.807) is 30.4 Å². The molecule has 2 aromatic rings. The van der Waals surface area contributed by atoms with Gasteiger partial charge >= 0.3 is 12.1 Å². The number of nitrogens with one attached hydrogen (secondary N) is 3. The summed E-state index contributed by atoms with van der Waals surface area (Å²) in [6.45, 7) is 1.68. The fraction of sp³-hybridized carbons (Fsp3) is 0.125. The van der Waals surface area contributed by atoms with Crippen molar-refractivity contribution in [2.75, 3.05) is 5.32 Å². The van der Waals surface area contributed by atoms with Gasteiger partial charge < -0.3 is 5.32 Å². The molecule has 0 bridgehead atoms. The summed E-state index contributed by atoms with van der Waals surface area (Å²) in [5, 5.41) is 1.59. The summed E-state index contributed by atoms with van der Waals surface area (Å²) >= 11 is 0. The Morgan fingerprint density at radius 2 is 1.56 bits per heavy atom. The van der Waals surface area contributed by atoms with Crippen molar-refractivity contribution in [3.8, 4) is 0 Å². The third kappa shape index (κ3) is 5.28. The first kappa shape index (κ1) is 20.4. The highest BCUT2D eigenvalue weighted by atomic mass is 32.2. The van der Waals surface area contributed by atoms with Crippen LogP contribution in [-0.4, -0.2) is 26.4 Å². The predicted octanol–water partition coefficient (Wildman–Crippen LogP) is 2.12. The summed E-state index contributed by atoms with van der Waals surface area (Å²) in [4.78, 5) is 24.4. The quantitative estimate of drug-likeness (QED) is 0.668. The van der Waals surface area contributed by atoms with Gasteiger partial charge in [-0.15, -0.1) is 4.83 Å². The maximum Gasteiger partial charge on any atom is 0.471 e. The van der Waals surface area contributed by atoms with Crippen molar-refractivity contribution in [2.24, 2.45) is 0 Å². The molecular formula is C16H14F3N3O4S. The minimum Gasteiger partial charge on any atom is -0.318 e. The molecule has 0 radical (unpaired) electrons. The summed E-state index contributed by atoms with van der Waals surface area (Å²) in [5.74, 6) is -2.85. The molecule has 11 heteroatoms. The predicted molar refractivity (Wildman–Crippen MR) is 90.1 cm³/mol. The number of alkyl halides is 3. The molecule has 2 amide bonds. The third-order valence-electron chi connectivity index (χ3n) is 3.37. The van der Waals surface area contributed by atoms with Gasteiger partial charge in [0.2, 0.25) is 0 Å². The molecular weight excluding hydrogens is 387 g/mol. The molecule has 0 saturated carbocycles. The van der Waals surface area contributed by atoms with Crippen molar-refractivity contribution in [3.63, 3.8) is 0 Å². The van der Waals surface area contributed by atoms with Crippen LogP contribution < -0.4 is 15.6 Å². The van der Waals surface area contributed by atoms with Crippen LogP contribution in [-0.2, 0) is 14.8 Å². The number of halogens is 3. The molecule has 27 heavy (non-hydrogen) atoms. The van der Waals surface area contributed by atoms with Gasteiger partial charge in [-0.3, -0.25) is 15.0 Å². The molecule has 7 nitrogen and oxygen atoms in total. The number of hydrogen-bond acceptors (Lipinski definition) is 4. The lowest BCUT2D eigenvalue weighted by atomic mass is 10.1. The van der Waals surface area contributed by atoms with Gasteiger partial charge in [-0.1, -0.05) is 18.2 Å². The zero-order valence-corrected chi connectivity index (χ0v) is 14.6. The Balaban J connectivity index is 2.05. The SMILES string of the molecule is Cc1ccccc1C(=O)NNS(=O)(=O)c1ccc(NC(=O)C(F)(F)F)cc1. The number of carbonyl (C=O) groups is 2. The number of anilines is 1. The lowest BCUT2D eigenvalue weighted by Gasteiger charge is -2.11. The van der Waals surface area contributed by atoms with E-state index in [1.165, 1.54) is 6.07 Å². The number of sulfonamides is 1. The summed E-state index contributed by atoms with van der Waals surface area (Å²) < 4.78 is 60.9. The van der Waals surface area contributed by atoms with E-state index in [-0.39, 0.29) is 16.1 Å². The Bertz CT molecular complexity index is 958. The first-order valence-electron chi connectivity index (χ1n) is 7.37. The highest BCUT2D eigenvalue weighted by Gasteiger charge is 2.38. The summed E-state index contributed by atoms with van der Waals surface area (Å²) in [5.41, 5.74) is 2.72. The second-order valence-corrected chi connectivity index (χ2v) is 7.03. The van der Waals surface area contributed by atoms with Crippen LogP contribution in [0.2, 0.25) is 0 Å². The van der Waals surface area contributed by atoms with E-state index in [2.05, 4.69) is 0 Å². The van der Waals surface area contributed by atoms with Gasteiger partial charge in [0.25, 0.3) is 15.9 Å². The number of carbonyl (C=O) groups excluding carboxylic acids is 2. The first-order valence-corrected chi connectivity index (χ1v) is 8.85. The van der Waals surface area contributed by atoms with Gasteiger partial charge in [0.1, 0.15) is 0 Å². The van der Waals surface area contributed by atoms with Gasteiger partial charge in [-0.2, -0.15) is 13.2 Å². The van der Waals surface area contributed by atoms with E-state index in [4.69, 9.17) is 0 Å². The minimum atomic E-state index is -5.06. The van der Waals surface area contributed by atoms with Gasteiger partial charge in [-0.25, -0.2) is 8.42 Å². The Morgan fingerprint density at radius 1 is 0.963 bits per heavy atom. The molecule has 0 unspecified atom stereocenters. The summed E-state index contributed by atoms with van der Waals surface area (Å²) in [7, 11) is -4.17. The monoisotopic (exact) mass is 401 g/mol. The highest BCUT2D eigenvalue weighted by molar-refractivity contribution is 7.89. The van der Waals surface area contributed by atoms with Crippen LogP contribution in [0.3, 0.4) is 0 Å². The van der Waals surface area contributed by atoms with Crippen molar-refractivity contribution in [1.29, 1.82) is 0 Å². The summed E-state index contributed by atoms with van der Waals surface area (Å²) in [6.07, 6.45) is -5.06. The third-order valence-corrected chi connectivity index (χ3v) is 4.63.